The summed E-state index contributed by atoms with van der Waals surface area (Å²) in [5, 5.41) is 0. The van der Waals surface area contributed by atoms with Gasteiger partial charge in [-0.1, -0.05) is 74.4 Å². The van der Waals surface area contributed by atoms with Crippen LogP contribution in [0, 0.1) is 0 Å². The minimum Gasteiger partial charge on any atom is -0.456 e. The van der Waals surface area contributed by atoms with E-state index in [1.165, 1.54) is 7.05 Å². The van der Waals surface area contributed by atoms with Crippen molar-refractivity contribution in [3.63, 3.8) is 0 Å². The molecule has 0 radical (unpaired) electrons. The number of esters is 1. The number of carbonyl (C=O) groups excluding carboxylic acids is 3. The van der Waals surface area contributed by atoms with Gasteiger partial charge in [0.05, 0.1) is 13.0 Å². The van der Waals surface area contributed by atoms with Gasteiger partial charge >= 0.3 is 11.7 Å². The number of ether oxygens (including phenoxy) is 1. The number of H-pyrrole nitrogens is 1. The molecule has 0 aliphatic heterocycles. The molecule has 1 heterocycles. The fourth-order valence-corrected chi connectivity index (χ4v) is 4.06. The van der Waals surface area contributed by atoms with Crippen molar-refractivity contribution >= 4 is 29.2 Å². The summed E-state index contributed by atoms with van der Waals surface area (Å²) in [5.74, 6) is -1.85. The minimum atomic E-state index is -0.842. The van der Waals surface area contributed by atoms with Crippen LogP contribution in [0.4, 0.5) is 11.5 Å². The van der Waals surface area contributed by atoms with Crippen molar-refractivity contribution in [2.24, 2.45) is 0 Å². The van der Waals surface area contributed by atoms with Crippen molar-refractivity contribution in [3.8, 4) is 0 Å². The largest absolute Gasteiger partial charge is 0.456 e. The van der Waals surface area contributed by atoms with Crippen molar-refractivity contribution in [1.82, 2.24) is 9.55 Å². The summed E-state index contributed by atoms with van der Waals surface area (Å²) in [6.45, 7) is 1.57. The van der Waals surface area contributed by atoms with E-state index in [2.05, 4.69) is 11.9 Å². The molecule has 39 heavy (non-hydrogen) atoms. The smallest absolute Gasteiger partial charge is 0.330 e. The van der Waals surface area contributed by atoms with E-state index in [-0.39, 0.29) is 36.7 Å². The number of carbonyl (C=O) groups is 3. The summed E-state index contributed by atoms with van der Waals surface area (Å²) in [4.78, 5) is 65.2. The lowest BCUT2D eigenvalue weighted by molar-refractivity contribution is -0.147. The Morgan fingerprint density at radius 2 is 1.64 bits per heavy atom. The van der Waals surface area contributed by atoms with Gasteiger partial charge in [-0.15, -0.1) is 0 Å². The Morgan fingerprint density at radius 3 is 2.31 bits per heavy atom. The highest BCUT2D eigenvalue weighted by atomic mass is 16.5. The molecule has 1 amide bonds. The van der Waals surface area contributed by atoms with Gasteiger partial charge in [0.1, 0.15) is 5.82 Å². The van der Waals surface area contributed by atoms with Crippen LogP contribution in [0.3, 0.4) is 0 Å². The summed E-state index contributed by atoms with van der Waals surface area (Å²) in [6, 6.07) is 16.4. The van der Waals surface area contributed by atoms with Crippen LogP contribution < -0.4 is 21.9 Å². The van der Waals surface area contributed by atoms with Gasteiger partial charge in [-0.2, -0.15) is 0 Å². The van der Waals surface area contributed by atoms with E-state index >= 15 is 0 Å². The van der Waals surface area contributed by atoms with Gasteiger partial charge in [-0.25, -0.2) is 4.79 Å². The molecule has 1 aromatic heterocycles. The Hall–Kier alpha value is -4.47. The fourth-order valence-electron chi connectivity index (χ4n) is 4.06. The first-order chi connectivity index (χ1) is 18.7. The number of nitrogens with zero attached hydrogens (tertiary/aromatic N) is 2. The second-order valence-corrected chi connectivity index (χ2v) is 9.26. The van der Waals surface area contributed by atoms with Crippen LogP contribution >= 0.6 is 0 Å². The number of unbranched alkanes of at least 4 members (excludes halogenated alkanes) is 2. The van der Waals surface area contributed by atoms with Gasteiger partial charge in [-0.05, 0) is 24.0 Å². The van der Waals surface area contributed by atoms with Crippen LogP contribution in [-0.4, -0.2) is 40.9 Å². The Labute approximate surface area is 226 Å². The molecule has 0 spiro atoms. The third-order valence-electron chi connectivity index (χ3n) is 6.36. The van der Waals surface area contributed by atoms with Gasteiger partial charge in [0, 0.05) is 19.0 Å². The van der Waals surface area contributed by atoms with Crippen molar-refractivity contribution in [2.75, 3.05) is 24.3 Å². The van der Waals surface area contributed by atoms with Gasteiger partial charge in [-0.3, -0.25) is 28.7 Å². The molecular weight excluding hydrogens is 500 g/mol. The number of rotatable bonds is 13. The topological polar surface area (TPSA) is 145 Å². The number of anilines is 2. The Morgan fingerprint density at radius 1 is 0.949 bits per heavy atom. The Balaban J connectivity index is 1.55. The molecule has 0 fully saturated rings. The molecule has 206 valence electrons. The van der Waals surface area contributed by atoms with E-state index in [1.54, 1.807) is 36.4 Å². The van der Waals surface area contributed by atoms with Gasteiger partial charge in [0.25, 0.3) is 11.5 Å². The first kappa shape index (κ1) is 29.1. The standard InChI is InChI=1S/C29H34N4O6/c1-3-4-6-9-20-12-14-22(15-13-20)23(34)16-17-25(36)39-19-24(35)32(2)26-27(30)33(29(38)31-28(26)37)18-21-10-7-5-8-11-21/h5,7-8,10-15H,3-4,6,9,16-19,30H2,1-2H3,(H,31,37,38). The molecule has 0 atom stereocenters. The lowest BCUT2D eigenvalue weighted by Gasteiger charge is -2.20. The second-order valence-electron chi connectivity index (χ2n) is 9.26. The molecular formula is C29H34N4O6. The van der Waals surface area contributed by atoms with Crippen molar-refractivity contribution in [1.29, 1.82) is 0 Å². The molecule has 0 saturated carbocycles. The van der Waals surface area contributed by atoms with Crippen LogP contribution in [0.5, 0.6) is 0 Å². The number of likely N-dealkylation sites (N-methyl/N-ethyl adjacent to an activating group) is 1. The van der Waals surface area contributed by atoms with Crippen molar-refractivity contribution in [3.05, 3.63) is 92.1 Å². The van der Waals surface area contributed by atoms with Crippen LogP contribution in [0.2, 0.25) is 0 Å². The number of nitrogen functional groups attached to an aromatic ring is 1. The molecule has 0 unspecified atom stereocenters. The number of nitrogens with two attached hydrogens (primary N) is 1. The highest BCUT2D eigenvalue weighted by molar-refractivity contribution is 5.98. The van der Waals surface area contributed by atoms with Crippen LogP contribution in [0.25, 0.3) is 0 Å². The zero-order valence-electron chi connectivity index (χ0n) is 22.3. The number of aryl methyl sites for hydroxylation is 1. The molecule has 3 rings (SSSR count). The maximum atomic E-state index is 12.7. The number of aromatic nitrogens is 2. The average Bonchev–Trinajstić information content (AvgIpc) is 2.93. The van der Waals surface area contributed by atoms with Crippen molar-refractivity contribution in [2.45, 2.75) is 52.0 Å². The highest BCUT2D eigenvalue weighted by Gasteiger charge is 2.22. The molecule has 2 aromatic carbocycles. The van der Waals surface area contributed by atoms with Gasteiger partial charge < -0.3 is 15.4 Å². The number of Topliss-reactive ketones (excluding diaryl/α,β-unsaturated/α-hetero) is 1. The maximum absolute atomic E-state index is 12.7. The first-order valence-electron chi connectivity index (χ1n) is 12.9. The minimum absolute atomic E-state index is 0.0604. The summed E-state index contributed by atoms with van der Waals surface area (Å²) in [7, 11) is 1.30. The summed E-state index contributed by atoms with van der Waals surface area (Å²) >= 11 is 0. The zero-order valence-corrected chi connectivity index (χ0v) is 22.3. The van der Waals surface area contributed by atoms with Crippen LogP contribution in [0.1, 0.15) is 60.5 Å². The second kappa shape index (κ2) is 13.9. The number of nitrogens with one attached hydrogen (secondary N) is 1. The first-order valence-corrected chi connectivity index (χ1v) is 12.9. The molecule has 10 heteroatoms. The normalized spacial score (nSPS) is 10.7. The molecule has 0 aliphatic carbocycles. The van der Waals surface area contributed by atoms with E-state index in [1.807, 2.05) is 18.2 Å². The summed E-state index contributed by atoms with van der Waals surface area (Å²) < 4.78 is 6.18. The fraction of sp³-hybridized carbons (Fsp3) is 0.345. The number of hydrogen-bond acceptors (Lipinski definition) is 7. The molecule has 0 aliphatic rings. The van der Waals surface area contributed by atoms with Gasteiger partial charge in [0.2, 0.25) is 0 Å². The van der Waals surface area contributed by atoms with E-state index in [0.717, 1.165) is 46.3 Å². The summed E-state index contributed by atoms with van der Waals surface area (Å²) in [6.07, 6.45) is 4.11. The quantitative estimate of drug-likeness (QED) is 0.195. The predicted octanol–water partition coefficient (Wildman–Crippen LogP) is 3.07. The third-order valence-corrected chi connectivity index (χ3v) is 6.36. The molecule has 3 N–H and O–H groups in total. The maximum Gasteiger partial charge on any atom is 0.330 e. The predicted molar refractivity (Wildman–Crippen MR) is 149 cm³/mol. The Bertz CT molecular complexity index is 1410. The number of benzene rings is 2. The lowest BCUT2D eigenvalue weighted by Crippen LogP contribution is -2.40. The van der Waals surface area contributed by atoms with E-state index in [9.17, 15) is 24.0 Å². The van der Waals surface area contributed by atoms with Crippen LogP contribution in [-0.2, 0) is 27.3 Å². The highest BCUT2D eigenvalue weighted by Crippen LogP contribution is 2.17. The SMILES string of the molecule is CCCCCc1ccc(C(=O)CCC(=O)OCC(=O)N(C)c2c(N)n(Cc3ccccc3)c(=O)[nH]c2=O)cc1. The molecule has 10 nitrogen and oxygen atoms in total. The van der Waals surface area contributed by atoms with Crippen LogP contribution in [0.15, 0.2) is 64.2 Å². The number of amides is 1. The van der Waals surface area contributed by atoms with E-state index < -0.39 is 29.7 Å². The molecule has 0 saturated heterocycles. The monoisotopic (exact) mass is 534 g/mol. The molecule has 3 aromatic rings. The number of hydrogen-bond donors (Lipinski definition) is 2. The van der Waals surface area contributed by atoms with Crippen molar-refractivity contribution < 1.29 is 19.1 Å². The third kappa shape index (κ3) is 8.00. The summed E-state index contributed by atoms with van der Waals surface area (Å²) in [5.41, 5.74) is 6.76. The zero-order chi connectivity index (χ0) is 28.4. The average molecular weight is 535 g/mol. The van der Waals surface area contributed by atoms with E-state index in [4.69, 9.17) is 10.5 Å². The van der Waals surface area contributed by atoms with Gasteiger partial charge in [0.15, 0.2) is 18.1 Å². The lowest BCUT2D eigenvalue weighted by atomic mass is 10.0. The Kier molecular flexibility index (Phi) is 10.4. The number of ketones is 1. The molecule has 0 bridgehead atoms. The number of aromatic amines is 1. The van der Waals surface area contributed by atoms with E-state index in [0.29, 0.717) is 5.56 Å².